The van der Waals surface area contributed by atoms with Crippen LogP contribution >= 0.6 is 0 Å². The molecule has 2 aliphatic carbocycles. The van der Waals surface area contributed by atoms with Crippen molar-refractivity contribution in [3.8, 4) is 22.3 Å². The molecule has 0 N–H and O–H groups in total. The maximum atomic E-state index is 7.19. The van der Waals surface area contributed by atoms with Gasteiger partial charge >= 0.3 is 0 Å². The first-order chi connectivity index (χ1) is 39.2. The lowest BCUT2D eigenvalue weighted by molar-refractivity contribution is 0.590. The van der Waals surface area contributed by atoms with Crippen molar-refractivity contribution in [1.82, 2.24) is 0 Å². The lowest BCUT2D eigenvalue weighted by atomic mass is 9.70. The number of nitrogens with zero attached hydrogens (tertiary/aromatic N) is 2. The third kappa shape index (κ3) is 8.05. The molecule has 3 heteroatoms. The highest BCUT2D eigenvalue weighted by atomic mass is 16.3. The van der Waals surface area contributed by atoms with Crippen LogP contribution in [0.3, 0.4) is 0 Å². The molecule has 404 valence electrons. The molecule has 1 heterocycles. The molecular weight excluding hydrogens is 993 g/mol. The van der Waals surface area contributed by atoms with Gasteiger partial charge in [-0.15, -0.1) is 0 Å². The van der Waals surface area contributed by atoms with Crippen molar-refractivity contribution in [2.75, 3.05) is 9.80 Å². The predicted octanol–water partition coefficient (Wildman–Crippen LogP) is 22.4. The highest BCUT2D eigenvalue weighted by Gasteiger charge is 2.52. The Morgan fingerprint density at radius 2 is 0.720 bits per heavy atom. The molecule has 82 heavy (non-hydrogen) atoms. The van der Waals surface area contributed by atoms with E-state index in [1.54, 1.807) is 0 Å². The second-order valence-electron chi connectivity index (χ2n) is 27.4. The van der Waals surface area contributed by atoms with E-state index in [1.807, 2.05) is 0 Å². The molecule has 12 aromatic rings. The van der Waals surface area contributed by atoms with Gasteiger partial charge in [-0.25, -0.2) is 0 Å². The Kier molecular flexibility index (Phi) is 11.4. The summed E-state index contributed by atoms with van der Waals surface area (Å²) in [5.41, 5.74) is 23.3. The van der Waals surface area contributed by atoms with Crippen LogP contribution in [-0.4, -0.2) is 0 Å². The van der Waals surface area contributed by atoms with E-state index in [1.165, 1.54) is 88.3 Å². The number of rotatable bonds is 6. The van der Waals surface area contributed by atoms with Gasteiger partial charge in [0.05, 0.1) is 11.1 Å². The minimum absolute atomic E-state index is 0.00435. The SMILES string of the molecule is CC(C)(C)c1ccc(N(c2ccc(C(C)(C)C)cc2)c2ccc3cc4c(cc3c2)C2(c3ccccc3-c3ccccc32)c2cc3cc(N(c5ccc(C(C)(C)C)cc5)c5ccc(C(C)(C)C)cc5)c5oc6ccccc6c5c3cc2-4)cc1. The molecule has 0 fully saturated rings. The average Bonchev–Trinajstić information content (AvgIpc) is 2.00. The standard InChI is InChI=1S/C79H72N2O/c1-75(2,3)52-26-35-56(36-27-52)80(57-37-28-53(29-38-57)76(4,5)6)60-34-25-49-44-65-66-48-64-51(46-70(66)79(69(65)45-50(49)43-60)67-22-16-13-19-61(67)62-20-14-17-23-68(62)79)47-71(74-73(64)63-21-15-18-24-72(63)82-74)81(58-39-30-54(31-40-58)77(7,8)9)59-41-32-55(33-42-59)78(10,11)12/h13-48H,1-12H3. The molecule has 14 rings (SSSR count). The molecule has 2 aliphatic rings. The zero-order chi connectivity index (χ0) is 56.8. The van der Waals surface area contributed by atoms with E-state index in [9.17, 15) is 0 Å². The molecule has 0 saturated carbocycles. The molecule has 0 saturated heterocycles. The number of furan rings is 1. The minimum atomic E-state index is -0.597. The molecule has 11 aromatic carbocycles. The maximum Gasteiger partial charge on any atom is 0.160 e. The third-order valence-corrected chi connectivity index (χ3v) is 18.1. The van der Waals surface area contributed by atoms with E-state index in [4.69, 9.17) is 4.42 Å². The average molecular weight is 1070 g/mol. The van der Waals surface area contributed by atoms with Crippen molar-refractivity contribution in [3.05, 3.63) is 263 Å². The minimum Gasteiger partial charge on any atom is -0.454 e. The lowest BCUT2D eigenvalue weighted by Crippen LogP contribution is -2.25. The Balaban J connectivity index is 1.03. The zero-order valence-corrected chi connectivity index (χ0v) is 49.6. The molecule has 1 aromatic heterocycles. The van der Waals surface area contributed by atoms with E-state index in [0.29, 0.717) is 0 Å². The number of hydrogen-bond acceptors (Lipinski definition) is 3. The van der Waals surface area contributed by atoms with Gasteiger partial charge in [0.2, 0.25) is 0 Å². The van der Waals surface area contributed by atoms with Crippen molar-refractivity contribution < 1.29 is 4.42 Å². The van der Waals surface area contributed by atoms with Gasteiger partial charge in [-0.3, -0.25) is 0 Å². The van der Waals surface area contributed by atoms with E-state index < -0.39 is 5.41 Å². The normalized spacial score (nSPS) is 13.7. The summed E-state index contributed by atoms with van der Waals surface area (Å²) in [5, 5.41) is 6.99. The van der Waals surface area contributed by atoms with E-state index in [-0.39, 0.29) is 21.7 Å². The summed E-state index contributed by atoms with van der Waals surface area (Å²) in [4.78, 5) is 4.86. The Morgan fingerprint density at radius 3 is 1.21 bits per heavy atom. The van der Waals surface area contributed by atoms with Crippen LogP contribution in [0.1, 0.15) is 128 Å². The fourth-order valence-electron chi connectivity index (χ4n) is 13.6. The predicted molar refractivity (Wildman–Crippen MR) is 349 cm³/mol. The van der Waals surface area contributed by atoms with Crippen molar-refractivity contribution in [2.45, 2.75) is 110 Å². The summed E-state index contributed by atoms with van der Waals surface area (Å²) in [6, 6.07) is 83.3. The number of benzene rings is 11. The largest absolute Gasteiger partial charge is 0.454 e. The second kappa shape index (κ2) is 18.2. The molecule has 3 nitrogen and oxygen atoms in total. The van der Waals surface area contributed by atoms with Crippen LogP contribution in [-0.2, 0) is 27.1 Å². The summed E-state index contributed by atoms with van der Waals surface area (Å²) in [7, 11) is 0. The molecule has 0 atom stereocenters. The summed E-state index contributed by atoms with van der Waals surface area (Å²) < 4.78 is 7.19. The van der Waals surface area contributed by atoms with Gasteiger partial charge < -0.3 is 14.2 Å². The van der Waals surface area contributed by atoms with Gasteiger partial charge in [0, 0.05) is 39.2 Å². The fourth-order valence-corrected chi connectivity index (χ4v) is 13.6. The summed E-state index contributed by atoms with van der Waals surface area (Å²) >= 11 is 0. The van der Waals surface area contributed by atoms with Crippen molar-refractivity contribution in [1.29, 1.82) is 0 Å². The molecule has 0 bridgehead atoms. The first-order valence-electron chi connectivity index (χ1n) is 29.4. The summed E-state index contributed by atoms with van der Waals surface area (Å²) in [6.07, 6.45) is 0. The van der Waals surface area contributed by atoms with E-state index in [0.717, 1.165) is 56.1 Å². The molecule has 1 spiro atoms. The first-order valence-corrected chi connectivity index (χ1v) is 29.4. The van der Waals surface area contributed by atoms with Crippen LogP contribution in [0.4, 0.5) is 34.1 Å². The fraction of sp³-hybridized carbons (Fsp3) is 0.215. The highest BCUT2D eigenvalue weighted by molar-refractivity contribution is 6.24. The molecular formula is C79H72N2O. The van der Waals surface area contributed by atoms with Crippen LogP contribution in [0.5, 0.6) is 0 Å². The number of fused-ring (bicyclic) bond motifs is 16. The van der Waals surface area contributed by atoms with Crippen LogP contribution in [0.25, 0.3) is 65.7 Å². The van der Waals surface area contributed by atoms with E-state index >= 15 is 0 Å². The van der Waals surface area contributed by atoms with Crippen molar-refractivity contribution in [2.24, 2.45) is 0 Å². The summed E-state index contributed by atoms with van der Waals surface area (Å²) in [5.74, 6) is 0. The van der Waals surface area contributed by atoms with Crippen molar-refractivity contribution in [3.63, 3.8) is 0 Å². The molecule has 0 unspecified atom stereocenters. The molecule has 0 aliphatic heterocycles. The Hall–Kier alpha value is -8.66. The Labute approximate surface area is 484 Å². The van der Waals surface area contributed by atoms with Gasteiger partial charge in [0.25, 0.3) is 0 Å². The maximum absolute atomic E-state index is 7.19. The van der Waals surface area contributed by atoms with Crippen LogP contribution in [0.2, 0.25) is 0 Å². The van der Waals surface area contributed by atoms with Gasteiger partial charge in [-0.05, 0) is 207 Å². The second-order valence-corrected chi connectivity index (χ2v) is 27.4. The quantitative estimate of drug-likeness (QED) is 0.165. The number of anilines is 6. The van der Waals surface area contributed by atoms with Crippen LogP contribution in [0.15, 0.2) is 223 Å². The number of hydrogen-bond donors (Lipinski definition) is 0. The van der Waals surface area contributed by atoms with E-state index in [2.05, 4.69) is 311 Å². The molecule has 0 radical (unpaired) electrons. The summed E-state index contributed by atoms with van der Waals surface area (Å²) in [6.45, 7) is 27.4. The van der Waals surface area contributed by atoms with Crippen LogP contribution < -0.4 is 9.80 Å². The van der Waals surface area contributed by atoms with Gasteiger partial charge in [0.1, 0.15) is 5.58 Å². The first kappa shape index (κ1) is 51.5. The zero-order valence-electron chi connectivity index (χ0n) is 49.6. The van der Waals surface area contributed by atoms with Gasteiger partial charge in [0.15, 0.2) is 5.58 Å². The smallest absolute Gasteiger partial charge is 0.160 e. The lowest BCUT2D eigenvalue weighted by Gasteiger charge is -2.31. The monoisotopic (exact) mass is 1060 g/mol. The van der Waals surface area contributed by atoms with Crippen LogP contribution in [0, 0.1) is 0 Å². The van der Waals surface area contributed by atoms with Gasteiger partial charge in [-0.2, -0.15) is 0 Å². The Morgan fingerprint density at radius 1 is 0.305 bits per heavy atom. The number of para-hydroxylation sites is 1. The topological polar surface area (TPSA) is 19.6 Å². The molecule has 0 amide bonds. The van der Waals surface area contributed by atoms with Gasteiger partial charge in [-0.1, -0.05) is 204 Å². The highest BCUT2D eigenvalue weighted by Crippen LogP contribution is 2.64. The van der Waals surface area contributed by atoms with Crippen molar-refractivity contribution >= 4 is 77.6 Å². The Bertz CT molecular complexity index is 4350. The third-order valence-electron chi connectivity index (χ3n) is 18.1.